The van der Waals surface area contributed by atoms with Gasteiger partial charge in [0.2, 0.25) is 43.3 Å². The van der Waals surface area contributed by atoms with Crippen LogP contribution in [0.4, 0.5) is 34.1 Å². The van der Waals surface area contributed by atoms with E-state index in [2.05, 4.69) is 101 Å². The van der Waals surface area contributed by atoms with Gasteiger partial charge in [0.15, 0.2) is 23.0 Å². The summed E-state index contributed by atoms with van der Waals surface area (Å²) in [6, 6.07) is 32.7. The third-order valence-corrected chi connectivity index (χ3v) is 12.7. The van der Waals surface area contributed by atoms with E-state index in [9.17, 15) is 20.6 Å². The highest BCUT2D eigenvalue weighted by molar-refractivity contribution is 9.11. The van der Waals surface area contributed by atoms with Crippen LogP contribution >= 0.6 is 71.0 Å². The Labute approximate surface area is 458 Å². The fourth-order valence-corrected chi connectivity index (χ4v) is 7.82. The molecular formula is C49H34Br3Cl2N15O5. The van der Waals surface area contributed by atoms with E-state index in [1.807, 2.05) is 37.3 Å². The van der Waals surface area contributed by atoms with Crippen LogP contribution in [0.5, 0.6) is 28.7 Å². The first kappa shape index (κ1) is 56.0. The van der Waals surface area contributed by atoms with Crippen molar-refractivity contribution in [3.63, 3.8) is 0 Å². The van der Waals surface area contributed by atoms with Crippen molar-refractivity contribution in [1.29, 1.82) is 31.6 Å². The Kier molecular flexibility index (Phi) is 20.9. The fraction of sp³-hybridized carbons (Fsp3) is 0.0816. The Morgan fingerprint density at radius 2 is 0.986 bits per heavy atom. The van der Waals surface area contributed by atoms with Crippen LogP contribution in [-0.4, -0.2) is 40.0 Å². The number of nitrogens with zero attached hydrogens (tertiary/aromatic N) is 9. The Balaban J connectivity index is 0.000000206. The number of hydrogen-bond donors (Lipinski definition) is 9. The molecule has 9 N–H and O–H groups in total. The second kappa shape index (κ2) is 27.6. The molecule has 1 heterocycles. The van der Waals surface area contributed by atoms with Crippen LogP contribution in [0, 0.1) is 68.4 Å². The quantitative estimate of drug-likeness (QED) is 0.0296. The summed E-state index contributed by atoms with van der Waals surface area (Å²) in [5.74, 6) is 0.942. The minimum atomic E-state index is -0.177. The van der Waals surface area contributed by atoms with Crippen LogP contribution < -0.4 is 41.4 Å². The van der Waals surface area contributed by atoms with Gasteiger partial charge >= 0.3 is 0 Å². The van der Waals surface area contributed by atoms with E-state index in [4.69, 9.17) is 59.0 Å². The summed E-state index contributed by atoms with van der Waals surface area (Å²) in [5, 5.41) is 102. The normalized spacial score (nSPS) is 11.2. The van der Waals surface area contributed by atoms with Gasteiger partial charge in [0.1, 0.15) is 17.9 Å². The second-order valence-electron chi connectivity index (χ2n) is 14.3. The number of phenolic OH excluding ortho intramolecular Hbond substituents is 3. The van der Waals surface area contributed by atoms with Crippen molar-refractivity contribution in [3.05, 3.63) is 143 Å². The molecule has 0 amide bonds. The Morgan fingerprint density at radius 3 is 1.50 bits per heavy atom. The zero-order valence-corrected chi connectivity index (χ0v) is 44.2. The van der Waals surface area contributed by atoms with Crippen LogP contribution in [0.15, 0.2) is 125 Å². The first-order valence-corrected chi connectivity index (χ1v) is 24.0. The van der Waals surface area contributed by atoms with E-state index >= 15 is 0 Å². The summed E-state index contributed by atoms with van der Waals surface area (Å²) in [7, 11) is 0. The Hall–Kier alpha value is -8.91. The predicted molar refractivity (Wildman–Crippen MR) is 292 cm³/mol. The second-order valence-corrected chi connectivity index (χ2v) is 17.5. The van der Waals surface area contributed by atoms with Gasteiger partial charge in [-0.15, -0.1) is 15.0 Å². The molecule has 6 aromatic rings. The number of aromatic hydroxyl groups is 3. The number of rotatable bonds is 8. The first-order valence-electron chi connectivity index (χ1n) is 20.9. The molecule has 0 bridgehead atoms. The molecule has 25 heteroatoms. The molecule has 1 aliphatic heterocycles. The number of guanidine groups is 3. The molecule has 0 aromatic heterocycles. The lowest BCUT2D eigenvalue weighted by Gasteiger charge is -2.15. The SMILES string of the molecule is CCCc1c(C#N)ccc(N/C(=N\C#N)Nc2cccc(Cl)c2Cl)c1O.N#C/N=C(\Nc1ccc(C#N)c(Br)c1O)Nc1cccc2c1OCO2.N#C/N=C(\Nc1ccccc1Br)Nc1ccc(C#N)c(Br)c1O. The third-order valence-electron chi connectivity index (χ3n) is 9.60. The lowest BCUT2D eigenvalue weighted by Crippen LogP contribution is -2.22. The van der Waals surface area contributed by atoms with Crippen LogP contribution in [0.3, 0.4) is 0 Å². The number of para-hydroxylation sites is 2. The molecule has 0 saturated heterocycles. The number of phenols is 3. The smallest absolute Gasteiger partial charge is 0.231 e. The standard InChI is InChI=1S/C18H15Cl2N5O.C16H10BrN5O3.C15H9Br2N5O/c1-2-4-12-11(9-21)7-8-15(17(12)26)25-18(23-10-22)24-14-6-3-5-13(19)16(14)20;17-13-9(6-18)4-5-10(14(13)23)21-16(20-7-19)22-11-2-1-3-12-15(11)25-8-24-12;16-10-3-1-2-4-11(10)21-15(20-8-19)22-12-6-5-9(7-18)13(17)14(12)23/h3,5-8,26H,2,4H2,1H3,(H2,23,24,25);1-5,23H,8H2,(H2,20,21,22);1-6,23H,(H2,20,21,22). The number of nitriles is 6. The zero-order chi connectivity index (χ0) is 53.7. The summed E-state index contributed by atoms with van der Waals surface area (Å²) in [6.07, 6.45) is 6.35. The summed E-state index contributed by atoms with van der Waals surface area (Å²) < 4.78 is 12.0. The molecule has 20 nitrogen and oxygen atoms in total. The average Bonchev–Trinajstić information content (AvgIpc) is 3.89. The summed E-state index contributed by atoms with van der Waals surface area (Å²) in [6.45, 7) is 2.06. The van der Waals surface area contributed by atoms with Crippen molar-refractivity contribution in [2.75, 3.05) is 38.7 Å². The average molecular weight is 1220 g/mol. The van der Waals surface area contributed by atoms with Gasteiger partial charge in [-0.2, -0.15) is 31.6 Å². The maximum absolute atomic E-state index is 10.5. The van der Waals surface area contributed by atoms with Gasteiger partial charge in [0.25, 0.3) is 0 Å². The molecular weight excluding hydrogens is 1190 g/mol. The minimum absolute atomic E-state index is 0.0547. The van der Waals surface area contributed by atoms with Crippen molar-refractivity contribution in [1.82, 2.24) is 0 Å². The molecule has 370 valence electrons. The van der Waals surface area contributed by atoms with Gasteiger partial charge in [-0.3, -0.25) is 0 Å². The summed E-state index contributed by atoms with van der Waals surface area (Å²) in [5.41, 5.74) is 4.07. The van der Waals surface area contributed by atoms with Gasteiger partial charge in [0, 0.05) is 10.0 Å². The number of fused-ring (bicyclic) bond motifs is 1. The summed E-state index contributed by atoms with van der Waals surface area (Å²) in [4.78, 5) is 11.0. The number of aliphatic imine (C=N–C) groups is 3. The number of ether oxygens (including phenoxy) is 2. The van der Waals surface area contributed by atoms with E-state index < -0.39 is 0 Å². The minimum Gasteiger partial charge on any atom is -0.505 e. The van der Waals surface area contributed by atoms with Crippen molar-refractivity contribution < 1.29 is 24.8 Å². The van der Waals surface area contributed by atoms with E-state index in [-0.39, 0.29) is 67.1 Å². The summed E-state index contributed by atoms with van der Waals surface area (Å²) >= 11 is 21.8. The molecule has 1 aliphatic rings. The lowest BCUT2D eigenvalue weighted by molar-refractivity contribution is 0.174. The van der Waals surface area contributed by atoms with E-state index in [1.165, 1.54) is 24.3 Å². The number of hydrogen-bond acceptors (Lipinski definition) is 14. The largest absolute Gasteiger partial charge is 0.505 e. The molecule has 0 radical (unpaired) electrons. The number of halogens is 5. The molecule has 0 fully saturated rings. The van der Waals surface area contributed by atoms with Crippen molar-refractivity contribution >= 4 is 123 Å². The molecule has 0 unspecified atom stereocenters. The molecule has 6 aromatic carbocycles. The highest BCUT2D eigenvalue weighted by Gasteiger charge is 2.20. The maximum Gasteiger partial charge on any atom is 0.231 e. The molecule has 0 saturated carbocycles. The van der Waals surface area contributed by atoms with Gasteiger partial charge in [-0.25, -0.2) is 0 Å². The first-order chi connectivity index (χ1) is 35.7. The zero-order valence-electron chi connectivity index (χ0n) is 37.9. The number of anilines is 6. The van der Waals surface area contributed by atoms with E-state index in [0.29, 0.717) is 68.1 Å². The van der Waals surface area contributed by atoms with E-state index in [0.717, 1.165) is 10.9 Å². The van der Waals surface area contributed by atoms with Crippen LogP contribution in [0.25, 0.3) is 0 Å². The third kappa shape index (κ3) is 14.6. The number of nitrogens with one attached hydrogen (secondary N) is 6. The van der Waals surface area contributed by atoms with Crippen molar-refractivity contribution in [2.24, 2.45) is 15.0 Å². The molecule has 0 aliphatic carbocycles. The van der Waals surface area contributed by atoms with Crippen molar-refractivity contribution in [3.8, 4) is 65.5 Å². The molecule has 0 atom stereocenters. The van der Waals surface area contributed by atoms with Crippen LogP contribution in [0.1, 0.15) is 35.6 Å². The predicted octanol–water partition coefficient (Wildman–Crippen LogP) is 12.2. The molecule has 7 rings (SSSR count). The Bertz CT molecular complexity index is 3450. The number of benzene rings is 6. The molecule has 74 heavy (non-hydrogen) atoms. The fourth-order valence-electron chi connectivity index (χ4n) is 6.22. The van der Waals surface area contributed by atoms with Gasteiger partial charge in [-0.05, 0) is 127 Å². The maximum atomic E-state index is 10.5. The van der Waals surface area contributed by atoms with Gasteiger partial charge < -0.3 is 56.7 Å². The van der Waals surface area contributed by atoms with Crippen LogP contribution in [0.2, 0.25) is 10.0 Å². The Morgan fingerprint density at radius 1 is 0.541 bits per heavy atom. The van der Waals surface area contributed by atoms with Crippen LogP contribution in [-0.2, 0) is 6.42 Å². The molecule has 0 spiro atoms. The topological polar surface area (TPSA) is 331 Å². The van der Waals surface area contributed by atoms with Gasteiger partial charge in [-0.1, -0.05) is 60.8 Å². The van der Waals surface area contributed by atoms with Gasteiger partial charge in [0.05, 0.1) is 75.9 Å². The highest BCUT2D eigenvalue weighted by atomic mass is 79.9. The highest BCUT2D eigenvalue weighted by Crippen LogP contribution is 2.40. The van der Waals surface area contributed by atoms with E-state index in [1.54, 1.807) is 73.2 Å². The van der Waals surface area contributed by atoms with Crippen molar-refractivity contribution in [2.45, 2.75) is 19.8 Å². The lowest BCUT2D eigenvalue weighted by atomic mass is 10.0. The monoisotopic (exact) mass is 1220 g/mol.